The van der Waals surface area contributed by atoms with E-state index in [1.165, 1.54) is 11.9 Å². The molecule has 1 aromatic heterocycles. The number of rotatable bonds is 3. The fraction of sp³-hybridized carbons (Fsp3) is 0.333. The molecule has 1 unspecified atom stereocenters. The van der Waals surface area contributed by atoms with Crippen LogP contribution in [0.15, 0.2) is 42.6 Å². The predicted octanol–water partition coefficient (Wildman–Crippen LogP) is 1.41. The van der Waals surface area contributed by atoms with Crippen LogP contribution in [-0.2, 0) is 11.3 Å². The minimum Gasteiger partial charge on any atom is -0.484 e. The van der Waals surface area contributed by atoms with Gasteiger partial charge in [0, 0.05) is 32.9 Å². The molecule has 9 nitrogen and oxygen atoms in total. The Labute approximate surface area is 174 Å². The second-order valence-corrected chi connectivity index (χ2v) is 7.20. The van der Waals surface area contributed by atoms with Crippen LogP contribution in [0.4, 0.5) is 0 Å². The molecule has 30 heavy (non-hydrogen) atoms. The number of benzene rings is 1. The van der Waals surface area contributed by atoms with E-state index in [0.29, 0.717) is 44.4 Å². The van der Waals surface area contributed by atoms with Crippen LogP contribution >= 0.6 is 0 Å². The van der Waals surface area contributed by atoms with E-state index < -0.39 is 5.91 Å². The van der Waals surface area contributed by atoms with E-state index in [9.17, 15) is 4.79 Å². The first-order chi connectivity index (χ1) is 14.5. The number of amides is 1. The molecule has 3 N–H and O–H groups in total. The van der Waals surface area contributed by atoms with Crippen LogP contribution in [0.1, 0.15) is 17.2 Å². The molecule has 1 saturated heterocycles. The van der Waals surface area contributed by atoms with Crippen molar-refractivity contribution < 1.29 is 14.3 Å². The van der Waals surface area contributed by atoms with Gasteiger partial charge in [-0.2, -0.15) is 0 Å². The molecule has 0 saturated carbocycles. The SMILES string of the molecule is CNC(=O)C(=N)N1CCN(Cc2ccc(C3COc4cccnc4O3)cc2)CC1=N. The van der Waals surface area contributed by atoms with Crippen LogP contribution in [0.5, 0.6) is 11.6 Å². The van der Waals surface area contributed by atoms with Crippen LogP contribution < -0.4 is 14.8 Å². The molecule has 3 heterocycles. The lowest BCUT2D eigenvalue weighted by molar-refractivity contribution is -0.115. The van der Waals surface area contributed by atoms with Gasteiger partial charge in [0.15, 0.2) is 17.7 Å². The van der Waals surface area contributed by atoms with Crippen LogP contribution in [-0.4, -0.2) is 65.7 Å². The Kier molecular flexibility index (Phi) is 5.62. The summed E-state index contributed by atoms with van der Waals surface area (Å²) in [4.78, 5) is 19.4. The number of ether oxygens (including phenoxy) is 2. The number of nitrogens with one attached hydrogen (secondary N) is 3. The highest BCUT2D eigenvalue weighted by Crippen LogP contribution is 2.33. The number of piperazine rings is 1. The maximum absolute atomic E-state index is 11.6. The molecule has 0 bridgehead atoms. The van der Waals surface area contributed by atoms with E-state index in [2.05, 4.69) is 27.3 Å². The average molecular weight is 408 g/mol. The fourth-order valence-electron chi connectivity index (χ4n) is 3.54. The normalized spacial score (nSPS) is 18.8. The zero-order chi connectivity index (χ0) is 21.1. The molecule has 1 fully saturated rings. The van der Waals surface area contributed by atoms with Crippen molar-refractivity contribution in [1.82, 2.24) is 20.1 Å². The molecular formula is C21H24N6O3. The number of fused-ring (bicyclic) bond motifs is 1. The summed E-state index contributed by atoms with van der Waals surface area (Å²) in [6.07, 6.45) is 1.48. The van der Waals surface area contributed by atoms with Crippen molar-refractivity contribution in [3.8, 4) is 11.6 Å². The largest absolute Gasteiger partial charge is 0.484 e. The van der Waals surface area contributed by atoms with Gasteiger partial charge in [-0.15, -0.1) is 0 Å². The first-order valence-corrected chi connectivity index (χ1v) is 9.76. The lowest BCUT2D eigenvalue weighted by atomic mass is 10.1. The summed E-state index contributed by atoms with van der Waals surface area (Å²) in [5, 5.41) is 18.5. The maximum atomic E-state index is 11.6. The standard InChI is InChI=1S/C21H24N6O3/c1-24-20(28)19(23)27-10-9-26(12-18(27)22)11-14-4-6-15(7-5-14)17-13-29-16-3-2-8-25-21(16)30-17/h2-8,17,22-23H,9-13H2,1H3,(H,24,28). The quantitative estimate of drug-likeness (QED) is 0.523. The third kappa shape index (κ3) is 4.11. The van der Waals surface area contributed by atoms with Crippen LogP contribution in [0.25, 0.3) is 0 Å². The third-order valence-electron chi connectivity index (χ3n) is 5.19. The molecule has 1 amide bonds. The lowest BCUT2D eigenvalue weighted by Crippen LogP contribution is -2.54. The van der Waals surface area contributed by atoms with Crippen molar-refractivity contribution in [3.63, 3.8) is 0 Å². The van der Waals surface area contributed by atoms with Crippen molar-refractivity contribution in [3.05, 3.63) is 53.7 Å². The van der Waals surface area contributed by atoms with Gasteiger partial charge < -0.3 is 19.7 Å². The summed E-state index contributed by atoms with van der Waals surface area (Å²) in [7, 11) is 1.49. The molecule has 0 radical (unpaired) electrons. The molecular weight excluding hydrogens is 384 g/mol. The van der Waals surface area contributed by atoms with Gasteiger partial charge in [0.25, 0.3) is 11.8 Å². The Morgan fingerprint density at radius 2 is 2.07 bits per heavy atom. The lowest BCUT2D eigenvalue weighted by Gasteiger charge is -2.35. The monoisotopic (exact) mass is 408 g/mol. The molecule has 2 aliphatic heterocycles. The zero-order valence-electron chi connectivity index (χ0n) is 16.7. The van der Waals surface area contributed by atoms with E-state index in [-0.39, 0.29) is 17.8 Å². The molecule has 1 aromatic carbocycles. The molecule has 0 aliphatic carbocycles. The summed E-state index contributed by atoms with van der Waals surface area (Å²) < 4.78 is 11.7. The minimum absolute atomic E-state index is 0.183. The number of hydrogen-bond acceptors (Lipinski definition) is 7. The molecule has 2 aliphatic rings. The molecule has 4 rings (SSSR count). The molecule has 2 aromatic rings. The van der Waals surface area contributed by atoms with Crippen molar-refractivity contribution in [2.75, 3.05) is 33.3 Å². The number of carbonyl (C=O) groups is 1. The third-order valence-corrected chi connectivity index (χ3v) is 5.19. The highest BCUT2D eigenvalue weighted by atomic mass is 16.6. The van der Waals surface area contributed by atoms with Crippen molar-refractivity contribution in [2.45, 2.75) is 12.6 Å². The van der Waals surface area contributed by atoms with Gasteiger partial charge in [0.05, 0.1) is 6.54 Å². The predicted molar refractivity (Wildman–Crippen MR) is 111 cm³/mol. The smallest absolute Gasteiger partial charge is 0.286 e. The number of likely N-dealkylation sites (N-methyl/N-ethyl adjacent to an activating group) is 1. The molecule has 156 valence electrons. The van der Waals surface area contributed by atoms with Gasteiger partial charge in [-0.3, -0.25) is 20.5 Å². The summed E-state index contributed by atoms with van der Waals surface area (Å²) in [5.74, 6) is 0.770. The Morgan fingerprint density at radius 1 is 1.27 bits per heavy atom. The number of aromatic nitrogens is 1. The van der Waals surface area contributed by atoms with Gasteiger partial charge in [0.2, 0.25) is 0 Å². The molecule has 9 heteroatoms. The fourth-order valence-corrected chi connectivity index (χ4v) is 3.54. The van der Waals surface area contributed by atoms with E-state index >= 15 is 0 Å². The van der Waals surface area contributed by atoms with Crippen LogP contribution in [0, 0.1) is 10.8 Å². The van der Waals surface area contributed by atoms with Crippen LogP contribution in [0.2, 0.25) is 0 Å². The second-order valence-electron chi connectivity index (χ2n) is 7.20. The Bertz CT molecular complexity index is 961. The topological polar surface area (TPSA) is 115 Å². The first-order valence-electron chi connectivity index (χ1n) is 9.76. The number of carbonyl (C=O) groups excluding carboxylic acids is 1. The van der Waals surface area contributed by atoms with Gasteiger partial charge in [-0.05, 0) is 23.3 Å². The summed E-state index contributed by atoms with van der Waals surface area (Å²) in [5.41, 5.74) is 2.14. The zero-order valence-corrected chi connectivity index (χ0v) is 16.7. The number of pyridine rings is 1. The second kappa shape index (κ2) is 8.50. The van der Waals surface area contributed by atoms with Gasteiger partial charge in [-0.25, -0.2) is 4.98 Å². The van der Waals surface area contributed by atoms with Crippen molar-refractivity contribution in [2.24, 2.45) is 0 Å². The summed E-state index contributed by atoms with van der Waals surface area (Å²) >= 11 is 0. The molecule has 0 spiro atoms. The highest BCUT2D eigenvalue weighted by Gasteiger charge is 2.27. The Balaban J connectivity index is 1.34. The van der Waals surface area contributed by atoms with Gasteiger partial charge in [-0.1, -0.05) is 24.3 Å². The first kappa shape index (κ1) is 19.8. The van der Waals surface area contributed by atoms with Crippen molar-refractivity contribution in [1.29, 1.82) is 10.8 Å². The highest BCUT2D eigenvalue weighted by molar-refractivity contribution is 6.39. The maximum Gasteiger partial charge on any atom is 0.286 e. The van der Waals surface area contributed by atoms with Gasteiger partial charge >= 0.3 is 0 Å². The number of nitrogens with zero attached hydrogens (tertiary/aromatic N) is 3. The summed E-state index contributed by atoms with van der Waals surface area (Å²) in [6, 6.07) is 11.8. The van der Waals surface area contributed by atoms with Gasteiger partial charge in [0.1, 0.15) is 12.4 Å². The average Bonchev–Trinajstić information content (AvgIpc) is 2.78. The minimum atomic E-state index is -0.476. The van der Waals surface area contributed by atoms with E-state index in [1.54, 1.807) is 6.20 Å². The summed E-state index contributed by atoms with van der Waals surface area (Å²) in [6.45, 7) is 2.64. The van der Waals surface area contributed by atoms with E-state index in [4.69, 9.17) is 20.3 Å². The molecule has 1 atom stereocenters. The Morgan fingerprint density at radius 3 is 2.80 bits per heavy atom. The van der Waals surface area contributed by atoms with E-state index in [0.717, 1.165) is 11.1 Å². The van der Waals surface area contributed by atoms with E-state index in [1.807, 2.05) is 24.3 Å². The number of hydrogen-bond donors (Lipinski definition) is 3. The van der Waals surface area contributed by atoms with Crippen LogP contribution in [0.3, 0.4) is 0 Å². The Hall–Kier alpha value is -3.46. The number of amidine groups is 2. The van der Waals surface area contributed by atoms with Crippen molar-refractivity contribution >= 4 is 17.6 Å².